The van der Waals surface area contributed by atoms with Crippen molar-refractivity contribution in [2.45, 2.75) is 13.5 Å². The van der Waals surface area contributed by atoms with Gasteiger partial charge in [-0.3, -0.25) is 4.79 Å². The van der Waals surface area contributed by atoms with Gasteiger partial charge < -0.3 is 10.3 Å². The fraction of sp³-hybridized carbons (Fsp3) is 0.0571. The van der Waals surface area contributed by atoms with Gasteiger partial charge in [-0.25, -0.2) is 9.98 Å². The maximum Gasteiger partial charge on any atom is 0.217 e. The molecule has 40 heavy (non-hydrogen) atoms. The first-order valence-electron chi connectivity index (χ1n) is 13.3. The van der Waals surface area contributed by atoms with Crippen molar-refractivity contribution in [1.29, 1.82) is 0 Å². The topological polar surface area (TPSA) is 69.6 Å². The van der Waals surface area contributed by atoms with E-state index in [1.165, 1.54) is 6.92 Å². The van der Waals surface area contributed by atoms with Crippen molar-refractivity contribution in [3.8, 4) is 22.4 Å². The molecule has 4 aromatic carbocycles. The zero-order valence-electron chi connectivity index (χ0n) is 22.1. The molecule has 0 aliphatic carbocycles. The van der Waals surface area contributed by atoms with Crippen LogP contribution >= 0.6 is 0 Å². The standard InChI is InChI=1S/C35H28N4O/c1-24(40)36-23-25-17-19-27(20-18-25)31-22-33(29-15-9-4-10-16-29)38-35(31)39-34-30(26-11-5-2-6-12-26)21-32(37-34)28-13-7-3-8-14-28/h2-22,38H,23H2,1H3,(H,36,40)/b39-34-. The molecule has 1 amide bonds. The molecule has 1 aromatic heterocycles. The number of rotatable bonds is 7. The molecule has 2 heterocycles. The van der Waals surface area contributed by atoms with Gasteiger partial charge in [-0.1, -0.05) is 115 Å². The Morgan fingerprint density at radius 1 is 0.750 bits per heavy atom. The lowest BCUT2D eigenvalue weighted by molar-refractivity contribution is -0.119. The first-order chi connectivity index (χ1) is 19.6. The van der Waals surface area contributed by atoms with Crippen molar-refractivity contribution in [3.05, 3.63) is 144 Å². The van der Waals surface area contributed by atoms with Crippen molar-refractivity contribution in [2.75, 3.05) is 0 Å². The number of amides is 1. The van der Waals surface area contributed by atoms with Crippen LogP contribution in [0.4, 0.5) is 5.82 Å². The molecule has 0 spiro atoms. The Bertz CT molecular complexity index is 1730. The number of amidine groups is 1. The molecule has 6 rings (SSSR count). The van der Waals surface area contributed by atoms with Crippen LogP contribution in [-0.2, 0) is 11.3 Å². The molecule has 0 bridgehead atoms. The highest BCUT2D eigenvalue weighted by Gasteiger charge is 2.21. The third-order valence-corrected chi connectivity index (χ3v) is 6.81. The van der Waals surface area contributed by atoms with E-state index < -0.39 is 0 Å². The number of nitrogens with zero attached hydrogens (tertiary/aromatic N) is 2. The third kappa shape index (κ3) is 5.45. The Morgan fingerprint density at radius 2 is 1.35 bits per heavy atom. The lowest BCUT2D eigenvalue weighted by Crippen LogP contribution is -2.18. The molecule has 5 heteroatoms. The summed E-state index contributed by atoms with van der Waals surface area (Å²) in [5.41, 5.74) is 9.08. The number of aliphatic imine (C=N–C) groups is 2. The Labute approximate surface area is 233 Å². The highest BCUT2D eigenvalue weighted by Crippen LogP contribution is 2.37. The van der Waals surface area contributed by atoms with Gasteiger partial charge in [0.15, 0.2) is 5.84 Å². The van der Waals surface area contributed by atoms with Crippen LogP contribution in [0.1, 0.15) is 23.6 Å². The zero-order valence-corrected chi connectivity index (χ0v) is 22.1. The van der Waals surface area contributed by atoms with Gasteiger partial charge in [-0.15, -0.1) is 0 Å². The highest BCUT2D eigenvalue weighted by molar-refractivity contribution is 6.38. The highest BCUT2D eigenvalue weighted by atomic mass is 16.1. The van der Waals surface area contributed by atoms with Crippen LogP contribution in [0.3, 0.4) is 0 Å². The summed E-state index contributed by atoms with van der Waals surface area (Å²) in [6.07, 6.45) is 2.11. The van der Waals surface area contributed by atoms with E-state index in [1.54, 1.807) is 0 Å². The molecule has 0 saturated carbocycles. The average molecular weight is 521 g/mol. The monoisotopic (exact) mass is 520 g/mol. The number of hydrogen-bond acceptors (Lipinski definition) is 2. The Balaban J connectivity index is 1.46. The van der Waals surface area contributed by atoms with Crippen LogP contribution in [0.5, 0.6) is 0 Å². The maximum atomic E-state index is 11.3. The van der Waals surface area contributed by atoms with Gasteiger partial charge in [0.05, 0.1) is 5.71 Å². The second-order valence-electron chi connectivity index (χ2n) is 9.64. The van der Waals surface area contributed by atoms with E-state index in [0.29, 0.717) is 12.4 Å². The van der Waals surface area contributed by atoms with Crippen molar-refractivity contribution >= 4 is 28.8 Å². The van der Waals surface area contributed by atoms with E-state index in [4.69, 9.17) is 9.98 Å². The van der Waals surface area contributed by atoms with Crippen LogP contribution < -0.4 is 5.32 Å². The number of aromatic amines is 1. The van der Waals surface area contributed by atoms with Crippen molar-refractivity contribution < 1.29 is 4.79 Å². The van der Waals surface area contributed by atoms with E-state index in [1.807, 2.05) is 66.7 Å². The van der Waals surface area contributed by atoms with Gasteiger partial charge in [0, 0.05) is 35.9 Å². The average Bonchev–Trinajstić information content (AvgIpc) is 3.63. The molecule has 0 radical (unpaired) electrons. The van der Waals surface area contributed by atoms with Crippen LogP contribution in [0.25, 0.3) is 28.0 Å². The van der Waals surface area contributed by atoms with Crippen LogP contribution in [0.2, 0.25) is 0 Å². The van der Waals surface area contributed by atoms with Crippen LogP contribution in [-0.4, -0.2) is 22.4 Å². The molecule has 0 unspecified atom stereocenters. The second kappa shape index (κ2) is 11.2. The van der Waals surface area contributed by atoms with Gasteiger partial charge in [0.2, 0.25) is 5.91 Å². The maximum absolute atomic E-state index is 11.3. The first kappa shape index (κ1) is 25.0. The van der Waals surface area contributed by atoms with Crippen molar-refractivity contribution in [2.24, 2.45) is 9.98 Å². The number of nitrogens with one attached hydrogen (secondary N) is 2. The summed E-state index contributed by atoms with van der Waals surface area (Å²) in [5.74, 6) is 1.35. The number of hydrogen-bond donors (Lipinski definition) is 2. The normalized spacial score (nSPS) is 13.7. The predicted molar refractivity (Wildman–Crippen MR) is 164 cm³/mol. The molecule has 0 atom stereocenters. The fourth-order valence-corrected chi connectivity index (χ4v) is 4.74. The van der Waals surface area contributed by atoms with Crippen LogP contribution in [0.15, 0.2) is 137 Å². The smallest absolute Gasteiger partial charge is 0.217 e. The quantitative estimate of drug-likeness (QED) is 0.228. The largest absolute Gasteiger partial charge is 0.352 e. The summed E-state index contributed by atoms with van der Waals surface area (Å²) in [6.45, 7) is 2.02. The molecule has 5 nitrogen and oxygen atoms in total. The summed E-state index contributed by atoms with van der Waals surface area (Å²) in [5, 5.41) is 2.86. The minimum absolute atomic E-state index is 0.0467. The molecule has 194 valence electrons. The first-order valence-corrected chi connectivity index (χ1v) is 13.3. The van der Waals surface area contributed by atoms with E-state index in [0.717, 1.165) is 56.2 Å². The minimum atomic E-state index is -0.0467. The molecule has 5 aromatic rings. The SMILES string of the molecule is CC(=O)NCc1ccc(-c2cc(-c3ccccc3)[nH]c2/N=C2\N=C(c3ccccc3)C=C2c2ccccc2)cc1. The van der Waals surface area contributed by atoms with Crippen molar-refractivity contribution in [3.63, 3.8) is 0 Å². The van der Waals surface area contributed by atoms with E-state index >= 15 is 0 Å². The lowest BCUT2D eigenvalue weighted by atomic mass is 10.0. The Morgan fingerprint density at radius 3 is 1.98 bits per heavy atom. The van der Waals surface area contributed by atoms with Gasteiger partial charge in [-0.2, -0.15) is 0 Å². The lowest BCUT2D eigenvalue weighted by Gasteiger charge is -2.06. The number of carbonyl (C=O) groups excluding carboxylic acids is 1. The number of H-pyrrole nitrogens is 1. The fourth-order valence-electron chi connectivity index (χ4n) is 4.74. The van der Waals surface area contributed by atoms with Gasteiger partial charge in [0.1, 0.15) is 5.82 Å². The number of carbonyl (C=O) groups is 1. The molecule has 1 aliphatic rings. The summed E-state index contributed by atoms with van der Waals surface area (Å²) >= 11 is 0. The summed E-state index contributed by atoms with van der Waals surface area (Å²) in [4.78, 5) is 25.1. The minimum Gasteiger partial charge on any atom is -0.352 e. The third-order valence-electron chi connectivity index (χ3n) is 6.81. The van der Waals surface area contributed by atoms with E-state index in [2.05, 4.69) is 71.0 Å². The molecule has 0 fully saturated rings. The molecule has 0 saturated heterocycles. The van der Waals surface area contributed by atoms with E-state index in [-0.39, 0.29) is 5.91 Å². The Hall–Kier alpha value is -5.29. The molecular weight excluding hydrogens is 492 g/mol. The van der Waals surface area contributed by atoms with Gasteiger partial charge in [0.25, 0.3) is 0 Å². The molecule has 2 N–H and O–H groups in total. The van der Waals surface area contributed by atoms with Crippen LogP contribution in [0, 0.1) is 0 Å². The second-order valence-corrected chi connectivity index (χ2v) is 9.64. The van der Waals surface area contributed by atoms with E-state index in [9.17, 15) is 4.79 Å². The number of aromatic nitrogens is 1. The predicted octanol–water partition coefficient (Wildman–Crippen LogP) is 7.60. The number of benzene rings is 4. The van der Waals surface area contributed by atoms with Gasteiger partial charge in [-0.05, 0) is 34.4 Å². The molecule has 1 aliphatic heterocycles. The number of allylic oxidation sites excluding steroid dienone is 1. The Kier molecular flexibility index (Phi) is 7.01. The van der Waals surface area contributed by atoms with Crippen molar-refractivity contribution in [1.82, 2.24) is 10.3 Å². The summed E-state index contributed by atoms with van der Waals surface area (Å²) < 4.78 is 0. The van der Waals surface area contributed by atoms with Gasteiger partial charge >= 0.3 is 0 Å². The zero-order chi connectivity index (χ0) is 27.3. The summed E-state index contributed by atoms with van der Waals surface area (Å²) in [6, 6.07) is 41.0. The summed E-state index contributed by atoms with van der Waals surface area (Å²) in [7, 11) is 0. The molecular formula is C35H28N4O.